The maximum absolute atomic E-state index is 12.4. The Morgan fingerprint density at radius 1 is 1.35 bits per heavy atom. The number of nitrogens with zero attached hydrogens (tertiary/aromatic N) is 3. The summed E-state index contributed by atoms with van der Waals surface area (Å²) in [6.07, 6.45) is 0. The summed E-state index contributed by atoms with van der Waals surface area (Å²) < 4.78 is 0. The Balaban J connectivity index is 1.58. The van der Waals surface area contributed by atoms with Crippen LogP contribution >= 0.6 is 11.6 Å². The van der Waals surface area contributed by atoms with E-state index in [9.17, 15) is 9.90 Å². The van der Waals surface area contributed by atoms with E-state index in [0.717, 1.165) is 24.7 Å². The highest BCUT2D eigenvalue weighted by Gasteiger charge is 2.26. The van der Waals surface area contributed by atoms with Crippen LogP contribution in [-0.2, 0) is 6.54 Å². The Morgan fingerprint density at radius 2 is 2.09 bits per heavy atom. The molecule has 1 amide bonds. The lowest BCUT2D eigenvalue weighted by Gasteiger charge is -2.34. The molecule has 7 heteroatoms. The van der Waals surface area contributed by atoms with Crippen molar-refractivity contribution in [2.45, 2.75) is 13.5 Å². The highest BCUT2D eigenvalue weighted by molar-refractivity contribution is 6.30. The largest absolute Gasteiger partial charge is 0.504 e. The van der Waals surface area contributed by atoms with E-state index >= 15 is 0 Å². The number of H-pyrrole nitrogens is 1. The van der Waals surface area contributed by atoms with E-state index in [1.165, 1.54) is 5.56 Å². The van der Waals surface area contributed by atoms with E-state index in [4.69, 9.17) is 11.6 Å². The predicted molar refractivity (Wildman–Crippen MR) is 87.6 cm³/mol. The van der Waals surface area contributed by atoms with Crippen LogP contribution in [0.15, 0.2) is 24.3 Å². The lowest BCUT2D eigenvalue weighted by Crippen LogP contribution is -2.48. The van der Waals surface area contributed by atoms with Gasteiger partial charge in [-0.2, -0.15) is 5.10 Å². The fourth-order valence-electron chi connectivity index (χ4n) is 2.74. The average Bonchev–Trinajstić information content (AvgIpc) is 2.87. The van der Waals surface area contributed by atoms with Crippen LogP contribution in [0.2, 0.25) is 5.02 Å². The first-order chi connectivity index (χ1) is 11.0. The van der Waals surface area contributed by atoms with Crippen LogP contribution < -0.4 is 0 Å². The first-order valence-electron chi connectivity index (χ1n) is 7.54. The molecule has 0 unspecified atom stereocenters. The molecule has 0 aliphatic carbocycles. The summed E-state index contributed by atoms with van der Waals surface area (Å²) >= 11 is 6.01. The first kappa shape index (κ1) is 15.8. The lowest BCUT2D eigenvalue weighted by molar-refractivity contribution is 0.0620. The molecule has 1 saturated heterocycles. The summed E-state index contributed by atoms with van der Waals surface area (Å²) in [5, 5.41) is 17.1. The molecule has 0 saturated carbocycles. The number of aromatic nitrogens is 2. The van der Waals surface area contributed by atoms with Gasteiger partial charge in [0.15, 0.2) is 11.4 Å². The number of carbonyl (C=O) groups excluding carboxylic acids is 1. The average molecular weight is 335 g/mol. The van der Waals surface area contributed by atoms with Crippen molar-refractivity contribution < 1.29 is 9.90 Å². The van der Waals surface area contributed by atoms with Crippen molar-refractivity contribution >= 4 is 17.5 Å². The Hall–Kier alpha value is -2.05. The molecule has 0 spiro atoms. The molecule has 2 aromatic rings. The van der Waals surface area contributed by atoms with Gasteiger partial charge in [0.25, 0.3) is 5.91 Å². The number of aromatic hydroxyl groups is 1. The summed E-state index contributed by atoms with van der Waals surface area (Å²) in [4.78, 5) is 16.4. The molecule has 0 atom stereocenters. The predicted octanol–water partition coefficient (Wildman–Crippen LogP) is 2.04. The Kier molecular flexibility index (Phi) is 4.54. The number of benzene rings is 1. The van der Waals surface area contributed by atoms with Gasteiger partial charge >= 0.3 is 0 Å². The molecule has 23 heavy (non-hydrogen) atoms. The normalized spacial score (nSPS) is 15.8. The van der Waals surface area contributed by atoms with E-state index < -0.39 is 0 Å². The third-order valence-corrected chi connectivity index (χ3v) is 4.32. The van der Waals surface area contributed by atoms with Gasteiger partial charge in [-0.25, -0.2) is 0 Å². The van der Waals surface area contributed by atoms with Gasteiger partial charge in [0, 0.05) is 37.7 Å². The number of aromatic amines is 1. The Bertz CT molecular complexity index is 708. The zero-order valence-electron chi connectivity index (χ0n) is 12.9. The Morgan fingerprint density at radius 3 is 2.70 bits per heavy atom. The molecule has 0 radical (unpaired) electrons. The number of aryl methyl sites for hydroxylation is 1. The maximum atomic E-state index is 12.4. The molecule has 2 heterocycles. The van der Waals surface area contributed by atoms with Crippen LogP contribution in [0.3, 0.4) is 0 Å². The topological polar surface area (TPSA) is 72.5 Å². The molecule has 3 rings (SSSR count). The van der Waals surface area contributed by atoms with Crippen molar-refractivity contribution in [2.24, 2.45) is 0 Å². The van der Waals surface area contributed by atoms with Gasteiger partial charge in [-0.15, -0.1) is 0 Å². The van der Waals surface area contributed by atoms with E-state index in [1.807, 2.05) is 18.2 Å². The monoisotopic (exact) mass is 334 g/mol. The molecule has 6 nitrogen and oxygen atoms in total. The quantitative estimate of drug-likeness (QED) is 0.901. The highest BCUT2D eigenvalue weighted by atomic mass is 35.5. The second-order valence-corrected chi connectivity index (χ2v) is 6.17. The molecule has 0 bridgehead atoms. The fraction of sp³-hybridized carbons (Fsp3) is 0.375. The number of hydrogen-bond acceptors (Lipinski definition) is 4. The van der Waals surface area contributed by atoms with Crippen LogP contribution in [0.1, 0.15) is 21.7 Å². The highest BCUT2D eigenvalue weighted by Crippen LogP contribution is 2.21. The number of amides is 1. The summed E-state index contributed by atoms with van der Waals surface area (Å²) in [6.45, 7) is 5.29. The van der Waals surface area contributed by atoms with Gasteiger partial charge in [-0.3, -0.25) is 14.8 Å². The molecular formula is C16H19ClN4O2. The van der Waals surface area contributed by atoms with Crippen molar-refractivity contribution in [3.8, 4) is 5.75 Å². The minimum absolute atomic E-state index is 0.0589. The molecule has 2 N–H and O–H groups in total. The van der Waals surface area contributed by atoms with Gasteiger partial charge in [0.2, 0.25) is 0 Å². The second-order valence-electron chi connectivity index (χ2n) is 5.73. The third kappa shape index (κ3) is 3.48. The maximum Gasteiger partial charge on any atom is 0.275 e. The number of carbonyl (C=O) groups is 1. The third-order valence-electron chi connectivity index (χ3n) is 4.08. The second kappa shape index (κ2) is 6.60. The number of halogens is 1. The van der Waals surface area contributed by atoms with Crippen LogP contribution in [-0.4, -0.2) is 57.2 Å². The summed E-state index contributed by atoms with van der Waals surface area (Å²) in [5.41, 5.74) is 1.78. The van der Waals surface area contributed by atoms with Crippen LogP contribution in [0, 0.1) is 6.92 Å². The lowest BCUT2D eigenvalue weighted by atomic mass is 10.2. The van der Waals surface area contributed by atoms with Crippen molar-refractivity contribution in [2.75, 3.05) is 26.2 Å². The zero-order valence-corrected chi connectivity index (χ0v) is 13.7. The van der Waals surface area contributed by atoms with E-state index in [2.05, 4.69) is 21.2 Å². The van der Waals surface area contributed by atoms with E-state index in [-0.39, 0.29) is 17.4 Å². The summed E-state index contributed by atoms with van der Waals surface area (Å²) in [5.74, 6) is -0.262. The van der Waals surface area contributed by atoms with Gasteiger partial charge in [0.1, 0.15) is 5.69 Å². The molecule has 1 aliphatic rings. The van der Waals surface area contributed by atoms with Gasteiger partial charge in [-0.1, -0.05) is 23.7 Å². The number of hydrogen-bond donors (Lipinski definition) is 2. The van der Waals surface area contributed by atoms with E-state index in [0.29, 0.717) is 18.8 Å². The standard InChI is InChI=1S/C16H19ClN4O2/c1-11-15(22)14(19-18-11)16(23)21-7-5-20(6-8-21)10-12-3-2-4-13(17)9-12/h2-4,9,22H,5-8,10H2,1H3,(H,18,19). The molecule has 1 aliphatic heterocycles. The molecular weight excluding hydrogens is 316 g/mol. The first-order valence-corrected chi connectivity index (χ1v) is 7.92. The van der Waals surface area contributed by atoms with Crippen LogP contribution in [0.4, 0.5) is 0 Å². The molecule has 1 aromatic heterocycles. The van der Waals surface area contributed by atoms with Crippen molar-refractivity contribution in [1.29, 1.82) is 0 Å². The molecule has 1 fully saturated rings. The zero-order chi connectivity index (χ0) is 16.4. The summed E-state index contributed by atoms with van der Waals surface area (Å²) in [7, 11) is 0. The van der Waals surface area contributed by atoms with Crippen molar-refractivity contribution in [3.05, 3.63) is 46.2 Å². The number of nitrogens with one attached hydrogen (secondary N) is 1. The number of rotatable bonds is 3. The molecule has 122 valence electrons. The van der Waals surface area contributed by atoms with Gasteiger partial charge in [-0.05, 0) is 24.6 Å². The molecule has 1 aromatic carbocycles. The van der Waals surface area contributed by atoms with Crippen LogP contribution in [0.25, 0.3) is 0 Å². The van der Waals surface area contributed by atoms with Crippen LogP contribution in [0.5, 0.6) is 5.75 Å². The van der Waals surface area contributed by atoms with Crippen molar-refractivity contribution in [1.82, 2.24) is 20.0 Å². The SMILES string of the molecule is Cc1n[nH]c(C(=O)N2CCN(Cc3cccc(Cl)c3)CC2)c1O. The summed E-state index contributed by atoms with van der Waals surface area (Å²) in [6, 6.07) is 7.82. The number of piperazine rings is 1. The smallest absolute Gasteiger partial charge is 0.275 e. The van der Waals surface area contributed by atoms with Crippen molar-refractivity contribution in [3.63, 3.8) is 0 Å². The Labute approximate surface area is 139 Å². The minimum atomic E-state index is -0.203. The van der Waals surface area contributed by atoms with E-state index in [1.54, 1.807) is 11.8 Å². The van der Waals surface area contributed by atoms with Gasteiger partial charge in [0.05, 0.1) is 0 Å². The minimum Gasteiger partial charge on any atom is -0.504 e. The van der Waals surface area contributed by atoms with Gasteiger partial charge < -0.3 is 10.0 Å². The fourth-order valence-corrected chi connectivity index (χ4v) is 2.95.